The molecule has 0 bridgehead atoms. The van der Waals surface area contributed by atoms with Gasteiger partial charge in [0.25, 0.3) is 0 Å². The number of rotatable bonds is 20. The maximum absolute atomic E-state index is 5.97. The predicted octanol–water partition coefficient (Wildman–Crippen LogP) is 11.1. The van der Waals surface area contributed by atoms with Crippen LogP contribution in [0.25, 0.3) is 0 Å². The lowest BCUT2D eigenvalue weighted by atomic mass is 9.89. The Bertz CT molecular complexity index is 1000. The van der Waals surface area contributed by atoms with Gasteiger partial charge in [-0.1, -0.05) is 111 Å². The first-order valence-corrected chi connectivity index (χ1v) is 16.9. The fourth-order valence-corrected chi connectivity index (χ4v) is 7.14. The Morgan fingerprint density at radius 1 is 0.462 bits per heavy atom. The van der Waals surface area contributed by atoms with Crippen molar-refractivity contribution in [3.63, 3.8) is 0 Å². The van der Waals surface area contributed by atoms with Crippen molar-refractivity contribution < 1.29 is 4.74 Å². The van der Waals surface area contributed by atoms with Gasteiger partial charge < -0.3 is 4.74 Å². The van der Waals surface area contributed by atoms with Crippen LogP contribution >= 0.6 is 22.7 Å². The summed E-state index contributed by atoms with van der Waals surface area (Å²) in [7, 11) is 0. The maximum atomic E-state index is 5.97. The molecule has 0 aliphatic heterocycles. The zero-order chi connectivity index (χ0) is 26.8. The third-order valence-corrected chi connectivity index (χ3v) is 9.58. The Balaban J connectivity index is 1.01. The second kappa shape index (κ2) is 18.2. The molecule has 0 amide bonds. The molecule has 0 radical (unpaired) electrons. The van der Waals surface area contributed by atoms with E-state index in [4.69, 9.17) is 4.74 Å². The van der Waals surface area contributed by atoms with E-state index in [2.05, 4.69) is 95.7 Å². The summed E-state index contributed by atoms with van der Waals surface area (Å²) < 4.78 is 5.97. The minimum Gasteiger partial charge on any atom is -0.381 e. The zero-order valence-electron chi connectivity index (χ0n) is 23.5. The van der Waals surface area contributed by atoms with Crippen molar-refractivity contribution in [3.8, 4) is 0 Å². The topological polar surface area (TPSA) is 9.23 Å². The quantitative estimate of drug-likeness (QED) is 0.0980. The van der Waals surface area contributed by atoms with Gasteiger partial charge in [0.2, 0.25) is 0 Å². The van der Waals surface area contributed by atoms with Crippen molar-refractivity contribution in [2.75, 3.05) is 13.2 Å². The third kappa shape index (κ3) is 11.4. The minimum absolute atomic E-state index is 0.639. The van der Waals surface area contributed by atoms with Gasteiger partial charge in [-0.15, -0.1) is 22.7 Å². The molecule has 2 heterocycles. The molecule has 1 nitrogen and oxygen atoms in total. The number of benzene rings is 2. The first-order valence-electron chi connectivity index (χ1n) is 15.1. The van der Waals surface area contributed by atoms with E-state index in [1.807, 2.05) is 22.7 Å². The highest BCUT2D eigenvalue weighted by Crippen LogP contribution is 2.29. The highest BCUT2D eigenvalue weighted by atomic mass is 32.1. The van der Waals surface area contributed by atoms with Crippen LogP contribution in [0.2, 0.25) is 0 Å². The minimum atomic E-state index is 0.639. The second-order valence-electron chi connectivity index (χ2n) is 10.8. The highest BCUT2D eigenvalue weighted by molar-refractivity contribution is 7.10. The molecule has 3 heteroatoms. The molecular weight excluding hydrogens is 513 g/mol. The van der Waals surface area contributed by atoms with E-state index >= 15 is 0 Å². The lowest BCUT2D eigenvalue weighted by molar-refractivity contribution is 0.125. The lowest BCUT2D eigenvalue weighted by Gasteiger charge is -2.17. The van der Waals surface area contributed by atoms with Crippen molar-refractivity contribution >= 4 is 22.7 Å². The van der Waals surface area contributed by atoms with Crippen LogP contribution in [-0.2, 0) is 17.6 Å². The Labute approximate surface area is 245 Å². The van der Waals surface area contributed by atoms with E-state index < -0.39 is 0 Å². The molecule has 2 unspecified atom stereocenters. The van der Waals surface area contributed by atoms with Gasteiger partial charge in [0, 0.05) is 23.0 Å². The molecule has 39 heavy (non-hydrogen) atoms. The monoisotopic (exact) mass is 558 g/mol. The molecule has 0 N–H and O–H groups in total. The Kier molecular flexibility index (Phi) is 13.9. The van der Waals surface area contributed by atoms with E-state index in [0.29, 0.717) is 11.8 Å². The van der Waals surface area contributed by atoms with Crippen LogP contribution in [-0.4, -0.2) is 13.2 Å². The molecule has 4 rings (SSSR count). The summed E-state index contributed by atoms with van der Waals surface area (Å²) in [5, 5.41) is 4.40. The number of ether oxygens (including phenoxy) is 1. The van der Waals surface area contributed by atoms with Gasteiger partial charge in [-0.05, 0) is 84.4 Å². The van der Waals surface area contributed by atoms with E-state index in [0.717, 1.165) is 13.2 Å². The van der Waals surface area contributed by atoms with Crippen molar-refractivity contribution in [2.45, 2.75) is 88.9 Å². The van der Waals surface area contributed by atoms with Gasteiger partial charge in [-0.25, -0.2) is 0 Å². The highest BCUT2D eigenvalue weighted by Gasteiger charge is 2.14. The Morgan fingerprint density at radius 3 is 1.31 bits per heavy atom. The van der Waals surface area contributed by atoms with Crippen LogP contribution in [0.3, 0.4) is 0 Å². The van der Waals surface area contributed by atoms with Crippen LogP contribution in [0.4, 0.5) is 0 Å². The first-order chi connectivity index (χ1) is 19.4. The van der Waals surface area contributed by atoms with Crippen LogP contribution in [0.5, 0.6) is 0 Å². The normalized spacial score (nSPS) is 12.9. The summed E-state index contributed by atoms with van der Waals surface area (Å²) in [6, 6.07) is 31.1. The molecule has 0 fully saturated rings. The molecule has 2 aromatic heterocycles. The summed E-state index contributed by atoms with van der Waals surface area (Å²) in [4.78, 5) is 3.01. The van der Waals surface area contributed by atoms with Crippen molar-refractivity contribution in [2.24, 2.45) is 0 Å². The molecule has 0 saturated carbocycles. The zero-order valence-corrected chi connectivity index (χ0v) is 25.1. The average molecular weight is 559 g/mol. The van der Waals surface area contributed by atoms with Gasteiger partial charge in [0.05, 0.1) is 0 Å². The lowest BCUT2D eigenvalue weighted by Crippen LogP contribution is -2.03. The molecule has 208 valence electrons. The van der Waals surface area contributed by atoms with Gasteiger partial charge in [0.1, 0.15) is 0 Å². The van der Waals surface area contributed by atoms with Crippen molar-refractivity contribution in [3.05, 3.63) is 117 Å². The average Bonchev–Trinajstić information content (AvgIpc) is 3.70. The number of thiophene rings is 2. The van der Waals surface area contributed by atoms with Crippen molar-refractivity contribution in [1.82, 2.24) is 0 Å². The summed E-state index contributed by atoms with van der Waals surface area (Å²) in [5.74, 6) is 1.28. The third-order valence-electron chi connectivity index (χ3n) is 7.78. The summed E-state index contributed by atoms with van der Waals surface area (Å²) in [6.07, 6.45) is 15.1. The molecule has 0 saturated heterocycles. The standard InChI is InChI=1S/C36H46OS2/c1(7-21-33(29-35-23-15-27-38-35)31-17-9-5-10-18-31)3-13-25-37-26-14-4-2-8-22-34(30-36-24-16-28-39-36)32-19-11-6-12-20-32/h5-6,9-12,15-20,23-24,27-28,33-34H,1-4,7-8,13-14,21-22,25-26,29-30H2. The Morgan fingerprint density at radius 2 is 0.897 bits per heavy atom. The van der Waals surface area contributed by atoms with Gasteiger partial charge >= 0.3 is 0 Å². The molecular formula is C36H46OS2. The van der Waals surface area contributed by atoms with E-state index in [1.54, 1.807) is 0 Å². The van der Waals surface area contributed by atoms with Gasteiger partial charge in [-0.2, -0.15) is 0 Å². The molecule has 2 aromatic carbocycles. The largest absolute Gasteiger partial charge is 0.381 e. The van der Waals surface area contributed by atoms with Gasteiger partial charge in [0.15, 0.2) is 0 Å². The predicted molar refractivity (Wildman–Crippen MR) is 171 cm³/mol. The number of hydrogen-bond acceptors (Lipinski definition) is 3. The van der Waals surface area contributed by atoms with E-state index in [9.17, 15) is 0 Å². The summed E-state index contributed by atoms with van der Waals surface area (Å²) >= 11 is 3.78. The smallest absolute Gasteiger partial charge is 0.0466 e. The SMILES string of the molecule is c1ccc(C(CCCCCCOCCCCCCC(Cc2cccs2)c2ccccc2)Cc2cccs2)cc1. The van der Waals surface area contributed by atoms with E-state index in [-0.39, 0.29) is 0 Å². The number of hydrogen-bond donors (Lipinski definition) is 0. The van der Waals surface area contributed by atoms with Crippen LogP contribution in [0.15, 0.2) is 95.7 Å². The van der Waals surface area contributed by atoms with Crippen LogP contribution in [0.1, 0.15) is 96.9 Å². The maximum Gasteiger partial charge on any atom is 0.0466 e. The summed E-state index contributed by atoms with van der Waals surface area (Å²) in [6.45, 7) is 1.85. The van der Waals surface area contributed by atoms with Crippen LogP contribution < -0.4 is 0 Å². The van der Waals surface area contributed by atoms with Gasteiger partial charge in [-0.3, -0.25) is 0 Å². The van der Waals surface area contributed by atoms with Crippen molar-refractivity contribution in [1.29, 1.82) is 0 Å². The number of unbranched alkanes of at least 4 members (excludes halogenated alkanes) is 6. The fourth-order valence-electron chi connectivity index (χ4n) is 5.57. The molecule has 4 aromatic rings. The molecule has 0 spiro atoms. The molecule has 2 atom stereocenters. The Hall–Kier alpha value is -2.20. The van der Waals surface area contributed by atoms with Crippen LogP contribution in [0, 0.1) is 0 Å². The molecule has 0 aliphatic carbocycles. The first kappa shape index (κ1) is 29.8. The summed E-state index contributed by atoms with van der Waals surface area (Å²) in [5.41, 5.74) is 2.99. The molecule has 0 aliphatic rings. The van der Waals surface area contributed by atoms with E-state index in [1.165, 1.54) is 97.9 Å². The second-order valence-corrected chi connectivity index (χ2v) is 12.9. The fraction of sp³-hybridized carbons (Fsp3) is 0.444.